The minimum atomic E-state index is -0.339. The van der Waals surface area contributed by atoms with Crippen LogP contribution in [0.5, 0.6) is 11.5 Å². The molecule has 0 saturated carbocycles. The molecule has 1 heterocycles. The SMILES string of the molecule is COc1cccc(OC)c1C(=O)N(CC(=O)Nc1cc(C(C)(C)C)nn1C(C)(C)C)C(C)C. The lowest BCUT2D eigenvalue weighted by Crippen LogP contribution is -2.43. The number of anilines is 1. The van der Waals surface area contributed by atoms with Gasteiger partial charge in [-0.3, -0.25) is 9.59 Å². The molecule has 0 spiro atoms. The zero-order valence-corrected chi connectivity index (χ0v) is 21.6. The van der Waals surface area contributed by atoms with Crippen molar-refractivity contribution >= 4 is 17.6 Å². The highest BCUT2D eigenvalue weighted by Gasteiger charge is 2.29. The van der Waals surface area contributed by atoms with Crippen LogP contribution >= 0.6 is 0 Å². The van der Waals surface area contributed by atoms with E-state index >= 15 is 0 Å². The summed E-state index contributed by atoms with van der Waals surface area (Å²) in [6, 6.07) is 6.82. The number of carbonyl (C=O) groups is 2. The quantitative estimate of drug-likeness (QED) is 0.663. The van der Waals surface area contributed by atoms with Crippen LogP contribution in [-0.2, 0) is 15.7 Å². The van der Waals surface area contributed by atoms with E-state index in [1.807, 2.05) is 45.4 Å². The molecule has 1 N–H and O–H groups in total. The van der Waals surface area contributed by atoms with Gasteiger partial charge in [-0.25, -0.2) is 4.68 Å². The highest BCUT2D eigenvalue weighted by Crippen LogP contribution is 2.31. The van der Waals surface area contributed by atoms with Gasteiger partial charge in [-0.2, -0.15) is 5.10 Å². The summed E-state index contributed by atoms with van der Waals surface area (Å²) in [5.41, 5.74) is 0.669. The molecule has 0 radical (unpaired) electrons. The largest absolute Gasteiger partial charge is 0.496 e. The molecule has 8 nitrogen and oxygen atoms in total. The smallest absolute Gasteiger partial charge is 0.262 e. The molecule has 0 fully saturated rings. The molecule has 0 atom stereocenters. The van der Waals surface area contributed by atoms with Crippen molar-refractivity contribution in [2.75, 3.05) is 26.1 Å². The van der Waals surface area contributed by atoms with Crippen LogP contribution in [0, 0.1) is 0 Å². The van der Waals surface area contributed by atoms with Crippen molar-refractivity contribution in [1.82, 2.24) is 14.7 Å². The van der Waals surface area contributed by atoms with Crippen LogP contribution in [-0.4, -0.2) is 53.3 Å². The first kappa shape index (κ1) is 26.2. The second kappa shape index (κ2) is 9.85. The minimum absolute atomic E-state index is 0.127. The molecule has 182 valence electrons. The van der Waals surface area contributed by atoms with E-state index < -0.39 is 0 Å². The first-order valence-electron chi connectivity index (χ1n) is 11.1. The number of benzene rings is 1. The monoisotopic (exact) mass is 458 g/mol. The van der Waals surface area contributed by atoms with Crippen LogP contribution in [0.1, 0.15) is 71.4 Å². The maximum atomic E-state index is 13.5. The molecular formula is C25H38N4O4. The number of aromatic nitrogens is 2. The molecule has 8 heteroatoms. The maximum absolute atomic E-state index is 13.5. The molecule has 2 rings (SSSR count). The van der Waals surface area contributed by atoms with Crippen molar-refractivity contribution in [1.29, 1.82) is 0 Å². The van der Waals surface area contributed by atoms with E-state index in [1.54, 1.807) is 18.2 Å². The Hall–Kier alpha value is -3.03. The summed E-state index contributed by atoms with van der Waals surface area (Å²) in [5.74, 6) is 0.742. The third-order valence-electron chi connectivity index (χ3n) is 5.22. The molecule has 0 aliphatic rings. The first-order chi connectivity index (χ1) is 15.2. The number of hydrogen-bond donors (Lipinski definition) is 1. The maximum Gasteiger partial charge on any atom is 0.262 e. The van der Waals surface area contributed by atoms with Crippen LogP contribution < -0.4 is 14.8 Å². The van der Waals surface area contributed by atoms with Gasteiger partial charge in [-0.1, -0.05) is 26.8 Å². The van der Waals surface area contributed by atoms with Gasteiger partial charge in [0.25, 0.3) is 5.91 Å². The molecule has 33 heavy (non-hydrogen) atoms. The highest BCUT2D eigenvalue weighted by molar-refractivity contribution is 6.02. The average molecular weight is 459 g/mol. The van der Waals surface area contributed by atoms with E-state index in [-0.39, 0.29) is 35.4 Å². The summed E-state index contributed by atoms with van der Waals surface area (Å²) < 4.78 is 12.6. The van der Waals surface area contributed by atoms with Gasteiger partial charge in [-0.05, 0) is 46.8 Å². The third kappa shape index (κ3) is 6.06. The number of carbonyl (C=O) groups excluding carboxylic acids is 2. The Morgan fingerprint density at radius 2 is 1.61 bits per heavy atom. The van der Waals surface area contributed by atoms with Gasteiger partial charge >= 0.3 is 0 Å². The van der Waals surface area contributed by atoms with Gasteiger partial charge in [0.15, 0.2) is 0 Å². The Balaban J connectivity index is 2.35. The summed E-state index contributed by atoms with van der Waals surface area (Å²) in [4.78, 5) is 28.1. The van der Waals surface area contributed by atoms with Gasteiger partial charge in [0, 0.05) is 17.5 Å². The Labute approximate surface area is 197 Å². The Morgan fingerprint density at radius 3 is 2.03 bits per heavy atom. The fraction of sp³-hybridized carbons (Fsp3) is 0.560. The number of nitrogens with one attached hydrogen (secondary N) is 1. The van der Waals surface area contributed by atoms with Crippen LogP contribution in [0.3, 0.4) is 0 Å². The Morgan fingerprint density at radius 1 is 1.06 bits per heavy atom. The van der Waals surface area contributed by atoms with Crippen molar-refractivity contribution in [2.24, 2.45) is 0 Å². The van der Waals surface area contributed by atoms with Gasteiger partial charge in [0.05, 0.1) is 25.5 Å². The number of methoxy groups -OCH3 is 2. The van der Waals surface area contributed by atoms with Crippen LogP contribution in [0.25, 0.3) is 0 Å². The molecule has 0 saturated heterocycles. The summed E-state index contributed by atoms with van der Waals surface area (Å²) in [6.45, 7) is 15.9. The summed E-state index contributed by atoms with van der Waals surface area (Å²) in [6.07, 6.45) is 0. The van der Waals surface area contributed by atoms with E-state index in [4.69, 9.17) is 14.6 Å². The van der Waals surface area contributed by atoms with E-state index in [0.717, 1.165) is 5.69 Å². The number of nitrogens with zero attached hydrogens (tertiary/aromatic N) is 3. The van der Waals surface area contributed by atoms with Gasteiger partial charge < -0.3 is 19.7 Å². The summed E-state index contributed by atoms with van der Waals surface area (Å²) >= 11 is 0. The molecule has 1 aromatic heterocycles. The summed E-state index contributed by atoms with van der Waals surface area (Å²) in [7, 11) is 3.00. The zero-order valence-electron chi connectivity index (χ0n) is 21.6. The van der Waals surface area contributed by atoms with E-state index in [0.29, 0.717) is 22.9 Å². The van der Waals surface area contributed by atoms with Gasteiger partial charge in [0.1, 0.15) is 29.4 Å². The van der Waals surface area contributed by atoms with Crippen LogP contribution in [0.2, 0.25) is 0 Å². The zero-order chi connectivity index (χ0) is 25.1. The molecule has 0 aliphatic heterocycles. The van der Waals surface area contributed by atoms with Crippen molar-refractivity contribution in [3.8, 4) is 11.5 Å². The lowest BCUT2D eigenvalue weighted by atomic mass is 9.92. The fourth-order valence-corrected chi connectivity index (χ4v) is 3.38. The average Bonchev–Trinajstić information content (AvgIpc) is 3.15. The first-order valence-corrected chi connectivity index (χ1v) is 11.1. The lowest BCUT2D eigenvalue weighted by molar-refractivity contribution is -0.117. The van der Waals surface area contributed by atoms with Gasteiger partial charge in [0.2, 0.25) is 5.91 Å². The second-order valence-corrected chi connectivity index (χ2v) is 10.4. The molecular weight excluding hydrogens is 420 g/mol. The van der Waals surface area contributed by atoms with Crippen molar-refractivity contribution < 1.29 is 19.1 Å². The number of hydrogen-bond acceptors (Lipinski definition) is 5. The number of ether oxygens (including phenoxy) is 2. The van der Waals surface area contributed by atoms with Crippen LogP contribution in [0.4, 0.5) is 5.82 Å². The molecule has 0 unspecified atom stereocenters. The van der Waals surface area contributed by atoms with E-state index in [9.17, 15) is 9.59 Å². The standard InChI is InChI=1S/C25H38N4O4/c1-16(2)28(23(31)22-17(32-9)12-11-13-18(22)33-10)15-21(30)26-20-14-19(24(3,4)5)27-29(20)25(6,7)8/h11-14,16H,15H2,1-10H3,(H,26,30). The third-order valence-corrected chi connectivity index (χ3v) is 5.22. The lowest BCUT2D eigenvalue weighted by Gasteiger charge is -2.28. The molecule has 0 aliphatic carbocycles. The van der Waals surface area contributed by atoms with Gasteiger partial charge in [-0.15, -0.1) is 0 Å². The minimum Gasteiger partial charge on any atom is -0.496 e. The molecule has 2 aromatic rings. The highest BCUT2D eigenvalue weighted by atomic mass is 16.5. The molecule has 1 aromatic carbocycles. The van der Waals surface area contributed by atoms with Crippen molar-refractivity contribution in [3.63, 3.8) is 0 Å². The predicted octanol–water partition coefficient (Wildman–Crippen LogP) is 4.44. The van der Waals surface area contributed by atoms with E-state index in [1.165, 1.54) is 19.1 Å². The molecule has 0 bridgehead atoms. The van der Waals surface area contributed by atoms with E-state index in [2.05, 4.69) is 26.1 Å². The van der Waals surface area contributed by atoms with Crippen molar-refractivity contribution in [2.45, 2.75) is 72.4 Å². The van der Waals surface area contributed by atoms with Crippen LogP contribution in [0.15, 0.2) is 24.3 Å². The van der Waals surface area contributed by atoms with Crippen molar-refractivity contribution in [3.05, 3.63) is 35.5 Å². The normalized spacial score (nSPS) is 12.0. The Bertz CT molecular complexity index is 975. The number of amides is 2. The fourth-order valence-electron chi connectivity index (χ4n) is 3.38. The molecule has 2 amide bonds. The second-order valence-electron chi connectivity index (χ2n) is 10.4. The number of rotatable bonds is 7. The predicted molar refractivity (Wildman–Crippen MR) is 130 cm³/mol. The Kier molecular flexibility index (Phi) is 7.83. The summed E-state index contributed by atoms with van der Waals surface area (Å²) in [5, 5.41) is 7.70. The topological polar surface area (TPSA) is 85.7 Å².